The molecule has 10 nitrogen and oxygen atoms in total. The first-order valence-corrected chi connectivity index (χ1v) is 20.6. The van der Waals surface area contributed by atoms with Crippen molar-refractivity contribution < 1.29 is 47.8 Å². The van der Waals surface area contributed by atoms with Gasteiger partial charge in [0, 0.05) is 12.8 Å². The summed E-state index contributed by atoms with van der Waals surface area (Å²) in [5, 5.41) is 18.3. The van der Waals surface area contributed by atoms with E-state index in [0.717, 1.165) is 70.6 Å². The molecule has 0 aromatic rings. The normalized spacial score (nSPS) is 14.6. The van der Waals surface area contributed by atoms with Gasteiger partial charge in [0.2, 0.25) is 0 Å². The number of carbonyl (C=O) groups is 2. The number of aliphatic hydroxyl groups excluding tert-OH is 2. The Bertz CT molecular complexity index is 978. The van der Waals surface area contributed by atoms with Gasteiger partial charge in [-0.1, -0.05) is 107 Å². The molecule has 0 amide bonds. The SMILES string of the molecule is CCCCC/C=C\C/C=C\C/C=C\CCCCC(=O)OC[C@H](COP(=O)(O)OC[C@@H](O)CO)OC(=O)CCCCCCC/C=C\CCCCC. The van der Waals surface area contributed by atoms with Crippen LogP contribution in [0, 0.1) is 0 Å². The molecule has 290 valence electrons. The van der Waals surface area contributed by atoms with Crippen LogP contribution in [0.1, 0.15) is 149 Å². The first-order chi connectivity index (χ1) is 24.2. The minimum Gasteiger partial charge on any atom is -0.462 e. The van der Waals surface area contributed by atoms with Crippen LogP contribution in [-0.4, -0.2) is 65.7 Å². The Hall–Kier alpha value is -2.07. The standard InChI is InChI=1S/C39H69O10P/c1-3-5-7-9-11-13-15-17-18-19-21-22-24-26-28-30-38(42)46-34-37(35-48-50(44,45)47-33-36(41)32-40)49-39(43)31-29-27-25-23-20-16-14-12-10-8-6-4-2/h11-14,17-18,21-22,36-37,40-41H,3-10,15-16,19-20,23-35H2,1-2H3,(H,44,45)/b13-11-,14-12-,18-17-,22-21-/t36-,37+/m0/s1. The number of hydrogen-bond acceptors (Lipinski definition) is 9. The van der Waals surface area contributed by atoms with Crippen molar-refractivity contribution in [2.75, 3.05) is 26.4 Å². The van der Waals surface area contributed by atoms with Crippen LogP contribution in [0.4, 0.5) is 0 Å². The minimum absolute atomic E-state index is 0.164. The quantitative estimate of drug-likeness (QED) is 0.0249. The molecule has 0 bridgehead atoms. The van der Waals surface area contributed by atoms with Crippen molar-refractivity contribution in [2.45, 2.75) is 161 Å². The summed E-state index contributed by atoms with van der Waals surface area (Å²) in [6, 6.07) is 0. The second-order valence-electron chi connectivity index (χ2n) is 12.6. The first kappa shape index (κ1) is 47.9. The van der Waals surface area contributed by atoms with Gasteiger partial charge in [-0.15, -0.1) is 0 Å². The number of rotatable bonds is 35. The lowest BCUT2D eigenvalue weighted by molar-refractivity contribution is -0.161. The van der Waals surface area contributed by atoms with Gasteiger partial charge < -0.3 is 24.6 Å². The molecule has 0 heterocycles. The second kappa shape index (κ2) is 35.3. The van der Waals surface area contributed by atoms with Gasteiger partial charge in [0.15, 0.2) is 6.10 Å². The Kier molecular flexibility index (Phi) is 33.9. The molecule has 11 heteroatoms. The number of unbranched alkanes of at least 4 members (excludes halogenated alkanes) is 13. The Balaban J connectivity index is 4.46. The molecule has 0 radical (unpaired) electrons. The van der Waals surface area contributed by atoms with Crippen LogP contribution >= 0.6 is 7.82 Å². The van der Waals surface area contributed by atoms with E-state index in [9.17, 15) is 24.2 Å². The van der Waals surface area contributed by atoms with Crippen LogP contribution < -0.4 is 0 Å². The topological polar surface area (TPSA) is 149 Å². The number of aliphatic hydroxyl groups is 2. The van der Waals surface area contributed by atoms with Gasteiger partial charge in [0.05, 0.1) is 19.8 Å². The molecule has 0 rings (SSSR count). The highest BCUT2D eigenvalue weighted by Crippen LogP contribution is 2.43. The van der Waals surface area contributed by atoms with E-state index in [1.54, 1.807) is 0 Å². The summed E-state index contributed by atoms with van der Waals surface area (Å²) >= 11 is 0. The molecular weight excluding hydrogens is 659 g/mol. The monoisotopic (exact) mass is 728 g/mol. The van der Waals surface area contributed by atoms with Crippen LogP contribution in [0.25, 0.3) is 0 Å². The molecule has 0 spiro atoms. The largest absolute Gasteiger partial charge is 0.472 e. The molecule has 0 aromatic carbocycles. The van der Waals surface area contributed by atoms with Crippen LogP contribution in [0.3, 0.4) is 0 Å². The summed E-state index contributed by atoms with van der Waals surface area (Å²) in [6.07, 6.45) is 35.1. The van der Waals surface area contributed by atoms with Crippen LogP contribution in [0.2, 0.25) is 0 Å². The Morgan fingerprint density at radius 3 is 1.62 bits per heavy atom. The fourth-order valence-electron chi connectivity index (χ4n) is 4.70. The highest BCUT2D eigenvalue weighted by Gasteiger charge is 2.27. The zero-order valence-corrected chi connectivity index (χ0v) is 32.0. The van der Waals surface area contributed by atoms with E-state index < -0.39 is 51.8 Å². The summed E-state index contributed by atoms with van der Waals surface area (Å²) in [5.41, 5.74) is 0. The van der Waals surface area contributed by atoms with Gasteiger partial charge in [-0.05, 0) is 77.0 Å². The average Bonchev–Trinajstić information content (AvgIpc) is 3.10. The predicted molar refractivity (Wildman–Crippen MR) is 201 cm³/mol. The van der Waals surface area contributed by atoms with Crippen molar-refractivity contribution in [3.8, 4) is 0 Å². The third kappa shape index (κ3) is 34.4. The Morgan fingerprint density at radius 1 is 0.600 bits per heavy atom. The lowest BCUT2D eigenvalue weighted by atomic mass is 10.1. The van der Waals surface area contributed by atoms with Crippen molar-refractivity contribution in [3.05, 3.63) is 48.6 Å². The van der Waals surface area contributed by atoms with Gasteiger partial charge in [0.1, 0.15) is 12.7 Å². The van der Waals surface area contributed by atoms with E-state index in [2.05, 4.69) is 67.0 Å². The second-order valence-corrected chi connectivity index (χ2v) is 14.0. The van der Waals surface area contributed by atoms with E-state index in [1.165, 1.54) is 38.5 Å². The summed E-state index contributed by atoms with van der Waals surface area (Å²) < 4.78 is 32.5. The van der Waals surface area contributed by atoms with E-state index >= 15 is 0 Å². The molecular formula is C39H69O10P. The van der Waals surface area contributed by atoms with Crippen LogP contribution in [0.15, 0.2) is 48.6 Å². The summed E-state index contributed by atoms with van der Waals surface area (Å²) in [7, 11) is -4.62. The fourth-order valence-corrected chi connectivity index (χ4v) is 5.49. The molecule has 0 aromatic heterocycles. The number of esters is 2. The maximum Gasteiger partial charge on any atom is 0.472 e. The predicted octanol–water partition coefficient (Wildman–Crippen LogP) is 9.38. The Morgan fingerprint density at radius 2 is 1.04 bits per heavy atom. The maximum absolute atomic E-state index is 12.5. The molecule has 0 aliphatic rings. The molecule has 3 atom stereocenters. The summed E-state index contributed by atoms with van der Waals surface area (Å²) in [4.78, 5) is 34.8. The molecule has 50 heavy (non-hydrogen) atoms. The molecule has 0 saturated carbocycles. The van der Waals surface area contributed by atoms with E-state index in [-0.39, 0.29) is 19.4 Å². The number of allylic oxidation sites excluding steroid dienone is 8. The lowest BCUT2D eigenvalue weighted by Crippen LogP contribution is -2.29. The fraction of sp³-hybridized carbons (Fsp3) is 0.744. The Labute approximate surface area is 303 Å². The maximum atomic E-state index is 12.5. The summed E-state index contributed by atoms with van der Waals surface area (Å²) in [6.45, 7) is 2.24. The average molecular weight is 729 g/mol. The number of phosphoric ester groups is 1. The van der Waals surface area contributed by atoms with Crippen molar-refractivity contribution in [1.29, 1.82) is 0 Å². The zero-order valence-electron chi connectivity index (χ0n) is 31.1. The van der Waals surface area contributed by atoms with Crippen molar-refractivity contribution in [3.63, 3.8) is 0 Å². The van der Waals surface area contributed by atoms with Gasteiger partial charge in [-0.25, -0.2) is 4.57 Å². The smallest absolute Gasteiger partial charge is 0.462 e. The van der Waals surface area contributed by atoms with Crippen LogP contribution in [-0.2, 0) is 32.7 Å². The van der Waals surface area contributed by atoms with Gasteiger partial charge in [0.25, 0.3) is 0 Å². The lowest BCUT2D eigenvalue weighted by Gasteiger charge is -2.20. The van der Waals surface area contributed by atoms with Gasteiger partial charge in [-0.3, -0.25) is 18.6 Å². The first-order valence-electron chi connectivity index (χ1n) is 19.1. The highest BCUT2D eigenvalue weighted by molar-refractivity contribution is 7.47. The highest BCUT2D eigenvalue weighted by atomic mass is 31.2. The van der Waals surface area contributed by atoms with Crippen molar-refractivity contribution in [2.24, 2.45) is 0 Å². The molecule has 0 aliphatic heterocycles. The number of carbonyl (C=O) groups excluding carboxylic acids is 2. The van der Waals surface area contributed by atoms with Gasteiger partial charge >= 0.3 is 19.8 Å². The number of phosphoric acid groups is 1. The number of hydrogen-bond donors (Lipinski definition) is 3. The van der Waals surface area contributed by atoms with E-state index in [1.807, 2.05) is 0 Å². The van der Waals surface area contributed by atoms with E-state index in [0.29, 0.717) is 12.8 Å². The van der Waals surface area contributed by atoms with E-state index in [4.69, 9.17) is 19.1 Å². The third-order valence-corrected chi connectivity index (χ3v) is 8.66. The molecule has 3 N–H and O–H groups in total. The third-order valence-electron chi connectivity index (χ3n) is 7.71. The van der Waals surface area contributed by atoms with Gasteiger partial charge in [-0.2, -0.15) is 0 Å². The molecule has 0 saturated heterocycles. The molecule has 0 aliphatic carbocycles. The van der Waals surface area contributed by atoms with Crippen LogP contribution in [0.5, 0.6) is 0 Å². The van der Waals surface area contributed by atoms with Crippen molar-refractivity contribution >= 4 is 19.8 Å². The molecule has 0 fully saturated rings. The summed E-state index contributed by atoms with van der Waals surface area (Å²) in [5.74, 6) is -0.986. The number of ether oxygens (including phenoxy) is 2. The molecule has 1 unspecified atom stereocenters. The minimum atomic E-state index is -4.62. The van der Waals surface area contributed by atoms with Crippen molar-refractivity contribution in [1.82, 2.24) is 0 Å². The zero-order chi connectivity index (χ0) is 37.0.